The van der Waals surface area contributed by atoms with Gasteiger partial charge in [0.1, 0.15) is 11.1 Å². The molecule has 0 aliphatic heterocycles. The van der Waals surface area contributed by atoms with Crippen molar-refractivity contribution in [2.24, 2.45) is 0 Å². The predicted octanol–water partition coefficient (Wildman–Crippen LogP) is 4.07. The molecule has 0 saturated carbocycles. The number of pyridine rings is 1. The fourth-order valence-corrected chi connectivity index (χ4v) is 3.18. The first kappa shape index (κ1) is 18.8. The highest BCUT2D eigenvalue weighted by atomic mass is 32.2. The standard InChI is InChI=1S/C20H20N4O2S/c1-14(19-23-15(2)24-26-19)22-18(25)17-11-6-12-21-20(17)27-13-7-10-16-8-4-3-5-9-16/h3-12,14H,13H2,1-2H3,(H,22,25). The van der Waals surface area contributed by atoms with Crippen LogP contribution >= 0.6 is 11.8 Å². The molecule has 27 heavy (non-hydrogen) atoms. The van der Waals surface area contributed by atoms with Gasteiger partial charge in [0.25, 0.3) is 5.91 Å². The second-order valence-corrected chi connectivity index (χ2v) is 6.86. The molecule has 0 radical (unpaired) electrons. The molecule has 1 unspecified atom stereocenters. The van der Waals surface area contributed by atoms with E-state index in [1.54, 1.807) is 32.2 Å². The van der Waals surface area contributed by atoms with Gasteiger partial charge in [-0.1, -0.05) is 47.6 Å². The summed E-state index contributed by atoms with van der Waals surface area (Å²) in [5.41, 5.74) is 1.67. The smallest absolute Gasteiger partial charge is 0.254 e. The Morgan fingerprint density at radius 3 is 2.81 bits per heavy atom. The molecule has 1 amide bonds. The van der Waals surface area contributed by atoms with Crippen LogP contribution in [0.5, 0.6) is 0 Å². The van der Waals surface area contributed by atoms with Crippen molar-refractivity contribution < 1.29 is 9.32 Å². The number of thioether (sulfide) groups is 1. The Balaban J connectivity index is 1.62. The fourth-order valence-electron chi connectivity index (χ4n) is 2.38. The molecule has 0 saturated heterocycles. The van der Waals surface area contributed by atoms with Crippen LogP contribution in [0.4, 0.5) is 0 Å². The van der Waals surface area contributed by atoms with Crippen LogP contribution in [0.2, 0.25) is 0 Å². The lowest BCUT2D eigenvalue weighted by Gasteiger charge is -2.11. The van der Waals surface area contributed by atoms with Crippen LogP contribution in [0.1, 0.15) is 40.6 Å². The van der Waals surface area contributed by atoms with E-state index in [2.05, 4.69) is 32.6 Å². The highest BCUT2D eigenvalue weighted by molar-refractivity contribution is 7.99. The van der Waals surface area contributed by atoms with Gasteiger partial charge in [-0.15, -0.1) is 11.8 Å². The van der Waals surface area contributed by atoms with E-state index in [0.717, 1.165) is 5.56 Å². The number of benzene rings is 1. The molecule has 1 N–H and O–H groups in total. The van der Waals surface area contributed by atoms with Crippen LogP contribution in [0.3, 0.4) is 0 Å². The van der Waals surface area contributed by atoms with E-state index >= 15 is 0 Å². The average molecular weight is 380 g/mol. The first-order valence-electron chi connectivity index (χ1n) is 8.54. The second-order valence-electron chi connectivity index (χ2n) is 5.86. The van der Waals surface area contributed by atoms with Crippen molar-refractivity contribution >= 4 is 23.7 Å². The molecule has 1 aromatic carbocycles. The zero-order valence-corrected chi connectivity index (χ0v) is 15.9. The lowest BCUT2D eigenvalue weighted by atomic mass is 10.2. The van der Waals surface area contributed by atoms with E-state index in [0.29, 0.717) is 28.1 Å². The molecule has 0 aliphatic carbocycles. The summed E-state index contributed by atoms with van der Waals surface area (Å²) in [7, 11) is 0. The van der Waals surface area contributed by atoms with Gasteiger partial charge < -0.3 is 9.84 Å². The third kappa shape index (κ3) is 5.27. The van der Waals surface area contributed by atoms with Crippen molar-refractivity contribution in [2.45, 2.75) is 24.9 Å². The number of carbonyl (C=O) groups excluding carboxylic acids is 1. The van der Waals surface area contributed by atoms with Gasteiger partial charge in [-0.25, -0.2) is 4.98 Å². The third-order valence-corrected chi connectivity index (χ3v) is 4.66. The number of nitrogens with one attached hydrogen (secondary N) is 1. The summed E-state index contributed by atoms with van der Waals surface area (Å²) in [6.45, 7) is 3.54. The van der Waals surface area contributed by atoms with Gasteiger partial charge in [0.2, 0.25) is 5.89 Å². The molecule has 0 spiro atoms. The molecule has 2 aromatic heterocycles. The quantitative estimate of drug-likeness (QED) is 0.622. The van der Waals surface area contributed by atoms with Crippen LogP contribution in [-0.4, -0.2) is 26.8 Å². The van der Waals surface area contributed by atoms with Gasteiger partial charge in [0, 0.05) is 11.9 Å². The molecule has 3 rings (SSSR count). The van der Waals surface area contributed by atoms with Gasteiger partial charge in [-0.3, -0.25) is 4.79 Å². The molecule has 7 heteroatoms. The van der Waals surface area contributed by atoms with Crippen molar-refractivity contribution in [3.8, 4) is 0 Å². The summed E-state index contributed by atoms with van der Waals surface area (Å²) in [4.78, 5) is 21.1. The van der Waals surface area contributed by atoms with E-state index in [4.69, 9.17) is 4.52 Å². The Morgan fingerprint density at radius 1 is 1.26 bits per heavy atom. The van der Waals surface area contributed by atoms with Crippen LogP contribution < -0.4 is 5.32 Å². The highest BCUT2D eigenvalue weighted by Crippen LogP contribution is 2.21. The molecule has 138 valence electrons. The normalized spacial score (nSPS) is 12.2. The van der Waals surface area contributed by atoms with Crippen molar-refractivity contribution in [3.63, 3.8) is 0 Å². The molecular weight excluding hydrogens is 360 g/mol. The Bertz CT molecular complexity index is 924. The van der Waals surface area contributed by atoms with Gasteiger partial charge in [0.05, 0.1) is 5.56 Å². The van der Waals surface area contributed by atoms with Crippen LogP contribution in [-0.2, 0) is 0 Å². The molecule has 2 heterocycles. The lowest BCUT2D eigenvalue weighted by molar-refractivity contribution is 0.0929. The van der Waals surface area contributed by atoms with E-state index in [1.165, 1.54) is 11.8 Å². The van der Waals surface area contributed by atoms with Gasteiger partial charge in [-0.2, -0.15) is 4.98 Å². The van der Waals surface area contributed by atoms with E-state index in [1.807, 2.05) is 30.3 Å². The first-order valence-corrected chi connectivity index (χ1v) is 9.52. The number of nitrogens with zero attached hydrogens (tertiary/aromatic N) is 3. The summed E-state index contributed by atoms with van der Waals surface area (Å²) in [6, 6.07) is 13.2. The molecule has 1 atom stereocenters. The van der Waals surface area contributed by atoms with Crippen LogP contribution in [0.15, 0.2) is 64.3 Å². The second kappa shape index (κ2) is 9.14. The SMILES string of the molecule is Cc1noc(C(C)NC(=O)c2cccnc2SCC=Cc2ccccc2)n1. The topological polar surface area (TPSA) is 80.9 Å². The number of aryl methyl sites for hydroxylation is 1. The molecule has 0 bridgehead atoms. The number of hydrogen-bond donors (Lipinski definition) is 1. The third-order valence-electron chi connectivity index (χ3n) is 3.70. The number of amides is 1. The van der Waals surface area contributed by atoms with Crippen molar-refractivity contribution in [3.05, 3.63) is 77.6 Å². The van der Waals surface area contributed by atoms with Crippen molar-refractivity contribution in [1.29, 1.82) is 0 Å². The number of carbonyl (C=O) groups is 1. The van der Waals surface area contributed by atoms with Crippen molar-refractivity contribution in [2.75, 3.05) is 5.75 Å². The summed E-state index contributed by atoms with van der Waals surface area (Å²) in [5.74, 6) is 1.41. The Kier molecular flexibility index (Phi) is 6.38. The average Bonchev–Trinajstić information content (AvgIpc) is 3.13. The zero-order chi connectivity index (χ0) is 19.1. The molecule has 0 fully saturated rings. The molecule has 3 aromatic rings. The van der Waals surface area contributed by atoms with Gasteiger partial charge >= 0.3 is 0 Å². The fraction of sp³-hybridized carbons (Fsp3) is 0.200. The summed E-state index contributed by atoms with van der Waals surface area (Å²) >= 11 is 1.51. The zero-order valence-electron chi connectivity index (χ0n) is 15.1. The Labute approximate surface area is 162 Å². The largest absolute Gasteiger partial charge is 0.340 e. The minimum atomic E-state index is -0.380. The molecular formula is C20H20N4O2S. The number of hydrogen-bond acceptors (Lipinski definition) is 6. The van der Waals surface area contributed by atoms with Gasteiger partial charge in [0.15, 0.2) is 5.82 Å². The minimum Gasteiger partial charge on any atom is -0.340 e. The molecule has 0 aliphatic rings. The summed E-state index contributed by atoms with van der Waals surface area (Å²) < 4.78 is 5.11. The van der Waals surface area contributed by atoms with Crippen molar-refractivity contribution in [1.82, 2.24) is 20.4 Å². The first-order chi connectivity index (χ1) is 13.1. The predicted molar refractivity (Wildman–Crippen MR) is 105 cm³/mol. The van der Waals surface area contributed by atoms with Gasteiger partial charge in [-0.05, 0) is 31.5 Å². The number of rotatable bonds is 7. The lowest BCUT2D eigenvalue weighted by Crippen LogP contribution is -2.27. The minimum absolute atomic E-state index is 0.221. The maximum absolute atomic E-state index is 12.6. The van der Waals surface area contributed by atoms with E-state index < -0.39 is 0 Å². The Hall–Kier alpha value is -2.93. The monoisotopic (exact) mass is 380 g/mol. The maximum Gasteiger partial charge on any atom is 0.254 e. The maximum atomic E-state index is 12.6. The van der Waals surface area contributed by atoms with E-state index in [9.17, 15) is 4.79 Å². The van der Waals surface area contributed by atoms with Crippen LogP contribution in [0, 0.1) is 6.92 Å². The number of aromatic nitrogens is 3. The highest BCUT2D eigenvalue weighted by Gasteiger charge is 2.19. The van der Waals surface area contributed by atoms with Crippen LogP contribution in [0.25, 0.3) is 6.08 Å². The van der Waals surface area contributed by atoms with E-state index in [-0.39, 0.29) is 11.9 Å². The Morgan fingerprint density at radius 2 is 2.07 bits per heavy atom. The summed E-state index contributed by atoms with van der Waals surface area (Å²) in [6.07, 6.45) is 5.79. The summed E-state index contributed by atoms with van der Waals surface area (Å²) in [5, 5.41) is 7.31. The molecule has 6 nitrogen and oxygen atoms in total.